The third kappa shape index (κ3) is 4.03. The number of aromatic nitrogens is 1. The van der Waals surface area contributed by atoms with Crippen molar-refractivity contribution in [2.75, 3.05) is 11.1 Å². The number of hydrogen-bond acceptors (Lipinski definition) is 5. The average molecular weight is 278 g/mol. The van der Waals surface area contributed by atoms with Crippen LogP contribution in [-0.4, -0.2) is 21.9 Å². The molecule has 1 amide bonds. The molecule has 0 saturated heterocycles. The molecule has 2 rings (SSSR count). The highest BCUT2D eigenvalue weighted by Crippen LogP contribution is 2.27. The zero-order valence-corrected chi connectivity index (χ0v) is 11.2. The summed E-state index contributed by atoms with van der Waals surface area (Å²) >= 11 is 1.44. The highest BCUT2D eigenvalue weighted by molar-refractivity contribution is 7.99. The van der Waals surface area contributed by atoms with Crippen LogP contribution in [0.15, 0.2) is 39.8 Å². The highest BCUT2D eigenvalue weighted by Gasteiger charge is 2.07. The second kappa shape index (κ2) is 6.29. The van der Waals surface area contributed by atoms with E-state index >= 15 is 0 Å². The number of para-hydroxylation sites is 1. The van der Waals surface area contributed by atoms with Gasteiger partial charge in [-0.1, -0.05) is 17.3 Å². The van der Waals surface area contributed by atoms with Crippen molar-refractivity contribution in [2.24, 2.45) is 0 Å². The minimum atomic E-state index is -0.128. The maximum Gasteiger partial charge on any atom is 0.226 e. The van der Waals surface area contributed by atoms with Crippen molar-refractivity contribution in [1.29, 1.82) is 0 Å². The number of hydrogen-bond donors (Lipinski definition) is 2. The highest BCUT2D eigenvalue weighted by atomic mass is 32.2. The van der Waals surface area contributed by atoms with Gasteiger partial charge in [0, 0.05) is 23.1 Å². The number of aromatic hydroxyl groups is 1. The van der Waals surface area contributed by atoms with Crippen LogP contribution in [0.4, 0.5) is 5.82 Å². The predicted molar refractivity (Wildman–Crippen MR) is 73.3 cm³/mol. The van der Waals surface area contributed by atoms with E-state index in [-0.39, 0.29) is 11.7 Å². The number of phenolic OH excluding ortho intramolecular Hbond substituents is 1. The molecule has 2 aromatic rings. The van der Waals surface area contributed by atoms with Gasteiger partial charge in [0.25, 0.3) is 0 Å². The van der Waals surface area contributed by atoms with Crippen LogP contribution in [0.3, 0.4) is 0 Å². The SMILES string of the molecule is Cc1cc(NC(=O)CCSc2ccccc2O)no1. The van der Waals surface area contributed by atoms with Gasteiger partial charge in [0.2, 0.25) is 5.91 Å². The minimum absolute atomic E-state index is 0.128. The van der Waals surface area contributed by atoms with Gasteiger partial charge in [-0.3, -0.25) is 4.79 Å². The van der Waals surface area contributed by atoms with E-state index in [1.54, 1.807) is 25.1 Å². The summed E-state index contributed by atoms with van der Waals surface area (Å²) in [6.07, 6.45) is 0.338. The number of anilines is 1. The quantitative estimate of drug-likeness (QED) is 0.822. The summed E-state index contributed by atoms with van der Waals surface area (Å²) < 4.78 is 4.85. The maximum atomic E-state index is 11.6. The molecule has 100 valence electrons. The molecule has 0 bridgehead atoms. The molecule has 5 nitrogen and oxygen atoms in total. The Morgan fingerprint density at radius 3 is 2.95 bits per heavy atom. The molecule has 0 unspecified atom stereocenters. The number of benzene rings is 1. The maximum absolute atomic E-state index is 11.6. The summed E-state index contributed by atoms with van der Waals surface area (Å²) in [6.45, 7) is 1.76. The van der Waals surface area contributed by atoms with Crippen molar-refractivity contribution in [3.8, 4) is 5.75 Å². The molecule has 1 aromatic heterocycles. The molecular weight excluding hydrogens is 264 g/mol. The zero-order valence-electron chi connectivity index (χ0n) is 10.4. The van der Waals surface area contributed by atoms with Crippen LogP contribution in [0.1, 0.15) is 12.2 Å². The van der Waals surface area contributed by atoms with Crippen molar-refractivity contribution in [3.63, 3.8) is 0 Å². The molecule has 1 aromatic carbocycles. The van der Waals surface area contributed by atoms with Gasteiger partial charge in [-0.15, -0.1) is 11.8 Å². The Bertz CT molecular complexity index is 569. The summed E-state index contributed by atoms with van der Waals surface area (Å²) in [5.74, 6) is 1.77. The smallest absolute Gasteiger partial charge is 0.226 e. The Morgan fingerprint density at radius 1 is 1.47 bits per heavy atom. The third-order valence-corrected chi connectivity index (χ3v) is 3.41. The van der Waals surface area contributed by atoms with Gasteiger partial charge in [0.05, 0.1) is 0 Å². The summed E-state index contributed by atoms with van der Waals surface area (Å²) in [5.41, 5.74) is 0. The fourth-order valence-corrected chi connectivity index (χ4v) is 2.36. The fraction of sp³-hybridized carbons (Fsp3) is 0.231. The molecule has 0 fully saturated rings. The number of aryl methyl sites for hydroxylation is 1. The van der Waals surface area contributed by atoms with E-state index in [2.05, 4.69) is 10.5 Å². The molecule has 2 N–H and O–H groups in total. The van der Waals surface area contributed by atoms with Crippen molar-refractivity contribution >= 4 is 23.5 Å². The predicted octanol–water partition coefficient (Wildman–Crippen LogP) is 2.81. The van der Waals surface area contributed by atoms with Crippen LogP contribution in [-0.2, 0) is 4.79 Å². The number of rotatable bonds is 5. The zero-order chi connectivity index (χ0) is 13.7. The van der Waals surface area contributed by atoms with Crippen molar-refractivity contribution < 1.29 is 14.4 Å². The van der Waals surface area contributed by atoms with Crippen LogP contribution in [0.25, 0.3) is 0 Å². The van der Waals surface area contributed by atoms with Crippen molar-refractivity contribution in [1.82, 2.24) is 5.16 Å². The Morgan fingerprint density at radius 2 is 2.26 bits per heavy atom. The van der Waals surface area contributed by atoms with E-state index < -0.39 is 0 Å². The number of amides is 1. The van der Waals surface area contributed by atoms with E-state index in [1.165, 1.54) is 11.8 Å². The van der Waals surface area contributed by atoms with E-state index in [4.69, 9.17) is 4.52 Å². The lowest BCUT2D eigenvalue weighted by Gasteiger charge is -2.03. The number of carbonyl (C=O) groups is 1. The van der Waals surface area contributed by atoms with Crippen LogP contribution < -0.4 is 5.32 Å². The van der Waals surface area contributed by atoms with Crippen LogP contribution in [0, 0.1) is 6.92 Å². The lowest BCUT2D eigenvalue weighted by Crippen LogP contribution is -2.12. The monoisotopic (exact) mass is 278 g/mol. The Hall–Kier alpha value is -1.95. The van der Waals surface area contributed by atoms with E-state index in [0.717, 1.165) is 4.90 Å². The molecule has 0 aliphatic rings. The largest absolute Gasteiger partial charge is 0.507 e. The molecule has 0 spiro atoms. The minimum Gasteiger partial charge on any atom is -0.507 e. The fourth-order valence-electron chi connectivity index (χ4n) is 1.46. The molecule has 0 atom stereocenters. The summed E-state index contributed by atoms with van der Waals surface area (Å²) in [5, 5.41) is 15.9. The number of nitrogens with one attached hydrogen (secondary N) is 1. The first kappa shape index (κ1) is 13.5. The number of thioether (sulfide) groups is 1. The molecule has 19 heavy (non-hydrogen) atoms. The summed E-state index contributed by atoms with van der Waals surface area (Å²) in [6, 6.07) is 8.72. The second-order valence-corrected chi connectivity index (χ2v) is 5.07. The van der Waals surface area contributed by atoms with Crippen LogP contribution >= 0.6 is 11.8 Å². The molecule has 6 heteroatoms. The summed E-state index contributed by atoms with van der Waals surface area (Å²) in [4.78, 5) is 12.4. The van der Waals surface area contributed by atoms with Crippen molar-refractivity contribution in [2.45, 2.75) is 18.2 Å². The van der Waals surface area contributed by atoms with E-state index in [9.17, 15) is 9.90 Å². The molecule has 0 aliphatic heterocycles. The Kier molecular flexibility index (Phi) is 4.46. The molecule has 0 saturated carbocycles. The van der Waals surface area contributed by atoms with Crippen LogP contribution in [0.5, 0.6) is 5.75 Å². The molecular formula is C13H14N2O3S. The topological polar surface area (TPSA) is 75.4 Å². The van der Waals surface area contributed by atoms with E-state index in [0.29, 0.717) is 23.8 Å². The molecule has 0 radical (unpaired) electrons. The van der Waals surface area contributed by atoms with Gasteiger partial charge >= 0.3 is 0 Å². The normalized spacial score (nSPS) is 10.4. The lowest BCUT2D eigenvalue weighted by molar-refractivity contribution is -0.115. The first-order valence-corrected chi connectivity index (χ1v) is 6.77. The second-order valence-electron chi connectivity index (χ2n) is 3.94. The first-order chi connectivity index (χ1) is 9.15. The van der Waals surface area contributed by atoms with Gasteiger partial charge in [-0.2, -0.15) is 0 Å². The van der Waals surface area contributed by atoms with Gasteiger partial charge in [-0.05, 0) is 19.1 Å². The number of nitrogens with zero attached hydrogens (tertiary/aromatic N) is 1. The number of phenols is 1. The van der Waals surface area contributed by atoms with Gasteiger partial charge in [0.15, 0.2) is 5.82 Å². The van der Waals surface area contributed by atoms with E-state index in [1.807, 2.05) is 12.1 Å². The molecule has 1 heterocycles. The molecule has 0 aliphatic carbocycles. The van der Waals surface area contributed by atoms with Gasteiger partial charge < -0.3 is 14.9 Å². The standard InChI is InChI=1S/C13H14N2O3S/c1-9-8-12(15-18-9)14-13(17)6-7-19-11-5-3-2-4-10(11)16/h2-5,8,16H,6-7H2,1H3,(H,14,15,17). The van der Waals surface area contributed by atoms with Crippen molar-refractivity contribution in [3.05, 3.63) is 36.1 Å². The Balaban J connectivity index is 1.77. The summed E-state index contributed by atoms with van der Waals surface area (Å²) in [7, 11) is 0. The van der Waals surface area contributed by atoms with Gasteiger partial charge in [0.1, 0.15) is 11.5 Å². The van der Waals surface area contributed by atoms with Crippen LogP contribution in [0.2, 0.25) is 0 Å². The lowest BCUT2D eigenvalue weighted by atomic mass is 10.3. The van der Waals surface area contributed by atoms with Gasteiger partial charge in [-0.25, -0.2) is 0 Å². The average Bonchev–Trinajstić information content (AvgIpc) is 2.77. The number of carbonyl (C=O) groups excluding carboxylic acids is 1. The first-order valence-electron chi connectivity index (χ1n) is 5.79. The third-order valence-electron chi connectivity index (χ3n) is 2.35. The Labute approximate surface area is 115 Å².